The van der Waals surface area contributed by atoms with Crippen LogP contribution in [0.4, 0.5) is 5.69 Å². The fourth-order valence-corrected chi connectivity index (χ4v) is 3.25. The summed E-state index contributed by atoms with van der Waals surface area (Å²) >= 11 is 2.95. The molecule has 2 aromatic carbocycles. The zero-order valence-electron chi connectivity index (χ0n) is 13.9. The van der Waals surface area contributed by atoms with E-state index in [1.165, 1.54) is 17.7 Å². The van der Waals surface area contributed by atoms with Crippen molar-refractivity contribution in [3.8, 4) is 11.5 Å². The van der Waals surface area contributed by atoms with Gasteiger partial charge in [0.2, 0.25) is 0 Å². The molecule has 25 heavy (non-hydrogen) atoms. The van der Waals surface area contributed by atoms with Gasteiger partial charge >= 0.3 is 154 Å². The fourth-order valence-electron chi connectivity index (χ4n) is 2.65. The first kappa shape index (κ1) is 17.3. The number of anilines is 1. The summed E-state index contributed by atoms with van der Waals surface area (Å²) in [4.78, 5) is 16.3. The van der Waals surface area contributed by atoms with E-state index in [9.17, 15) is 15.0 Å². The van der Waals surface area contributed by atoms with Crippen LogP contribution >= 0.6 is 0 Å². The van der Waals surface area contributed by atoms with Crippen LogP contribution in [0.1, 0.15) is 18.1 Å². The van der Waals surface area contributed by atoms with Gasteiger partial charge in [0, 0.05) is 0 Å². The van der Waals surface area contributed by atoms with E-state index in [1.807, 2.05) is 24.3 Å². The Morgan fingerprint density at radius 2 is 1.76 bits per heavy atom. The van der Waals surface area contributed by atoms with Crippen molar-refractivity contribution < 1.29 is 15.0 Å². The minimum absolute atomic E-state index is 0.159. The van der Waals surface area contributed by atoms with Crippen molar-refractivity contribution >= 4 is 37.9 Å². The monoisotopic (exact) mass is 402 g/mol. The van der Waals surface area contributed by atoms with Gasteiger partial charge < -0.3 is 0 Å². The second kappa shape index (κ2) is 6.75. The van der Waals surface area contributed by atoms with Gasteiger partial charge in [-0.1, -0.05) is 0 Å². The molecule has 0 saturated carbocycles. The molecule has 1 aliphatic heterocycles. The third kappa shape index (κ3) is 3.18. The van der Waals surface area contributed by atoms with Crippen LogP contribution < -0.4 is 4.90 Å². The first-order chi connectivity index (χ1) is 11.9. The van der Waals surface area contributed by atoms with Crippen LogP contribution in [0.5, 0.6) is 11.5 Å². The SMILES string of the molecule is CCc1ccc(N2C(=O)/C(=C\c3ccc(O)c(O)c3)N(C)C2=[Se])cc1. The molecule has 1 amide bonds. The van der Waals surface area contributed by atoms with Crippen LogP contribution in [0.3, 0.4) is 0 Å². The molecule has 128 valence electrons. The summed E-state index contributed by atoms with van der Waals surface area (Å²) in [5, 5.41) is 19.1. The van der Waals surface area contributed by atoms with Crippen LogP contribution in [0.15, 0.2) is 48.2 Å². The van der Waals surface area contributed by atoms with Gasteiger partial charge in [0.25, 0.3) is 0 Å². The molecule has 2 N–H and O–H groups in total. The Balaban J connectivity index is 1.96. The second-order valence-electron chi connectivity index (χ2n) is 5.78. The predicted octanol–water partition coefficient (Wildman–Crippen LogP) is 2.24. The fraction of sp³-hybridized carbons (Fsp3) is 0.158. The number of phenols is 2. The molecule has 5 nitrogen and oxygen atoms in total. The quantitative estimate of drug-likeness (QED) is 0.471. The number of hydrogen-bond donors (Lipinski definition) is 2. The normalized spacial score (nSPS) is 16.2. The summed E-state index contributed by atoms with van der Waals surface area (Å²) in [5.74, 6) is -0.572. The number of rotatable bonds is 3. The van der Waals surface area contributed by atoms with Crippen molar-refractivity contribution in [3.63, 3.8) is 0 Å². The number of benzene rings is 2. The molecule has 1 fully saturated rings. The Hall–Kier alpha value is -2.56. The first-order valence-corrected chi connectivity index (χ1v) is 8.72. The minimum atomic E-state index is -0.221. The molecule has 0 spiro atoms. The van der Waals surface area contributed by atoms with E-state index >= 15 is 0 Å². The molecular weight excluding hydrogens is 383 g/mol. The molecule has 0 bridgehead atoms. The van der Waals surface area contributed by atoms with Crippen molar-refractivity contribution in [2.75, 3.05) is 11.9 Å². The Labute approximate surface area is 154 Å². The van der Waals surface area contributed by atoms with Crippen LogP contribution in [0, 0.1) is 0 Å². The molecule has 0 aromatic heterocycles. The predicted molar refractivity (Wildman–Crippen MR) is 99.6 cm³/mol. The second-order valence-corrected chi connectivity index (χ2v) is 6.55. The summed E-state index contributed by atoms with van der Waals surface area (Å²) < 4.78 is 0.684. The maximum absolute atomic E-state index is 12.9. The summed E-state index contributed by atoms with van der Waals surface area (Å²) in [7, 11) is 1.80. The number of phenolic OH excluding ortho intramolecular Hbond substituents is 2. The van der Waals surface area contributed by atoms with Gasteiger partial charge in [0.05, 0.1) is 0 Å². The summed E-state index contributed by atoms with van der Waals surface area (Å²) in [5.41, 5.74) is 3.10. The van der Waals surface area contributed by atoms with E-state index in [0.29, 0.717) is 15.9 Å². The molecule has 0 radical (unpaired) electrons. The number of carbonyl (C=O) groups is 1. The molecule has 1 saturated heterocycles. The zero-order chi connectivity index (χ0) is 18.1. The van der Waals surface area contributed by atoms with Crippen LogP contribution in [-0.4, -0.2) is 48.3 Å². The number of aryl methyl sites for hydroxylation is 1. The molecule has 6 heteroatoms. The number of nitrogens with zero attached hydrogens (tertiary/aromatic N) is 2. The van der Waals surface area contributed by atoms with Gasteiger partial charge in [-0.15, -0.1) is 0 Å². The average Bonchev–Trinajstić information content (AvgIpc) is 2.82. The Morgan fingerprint density at radius 3 is 2.36 bits per heavy atom. The third-order valence-electron chi connectivity index (χ3n) is 4.17. The van der Waals surface area contributed by atoms with Crippen LogP contribution in [0.2, 0.25) is 0 Å². The number of amides is 1. The summed E-state index contributed by atoms with van der Waals surface area (Å²) in [6, 6.07) is 12.3. The first-order valence-electron chi connectivity index (χ1n) is 7.87. The van der Waals surface area contributed by atoms with Crippen molar-refractivity contribution in [2.45, 2.75) is 13.3 Å². The van der Waals surface area contributed by atoms with Gasteiger partial charge in [-0.2, -0.15) is 0 Å². The van der Waals surface area contributed by atoms with E-state index in [-0.39, 0.29) is 17.4 Å². The van der Waals surface area contributed by atoms with Gasteiger partial charge in [0.1, 0.15) is 0 Å². The maximum atomic E-state index is 12.9. The molecule has 0 aliphatic carbocycles. The number of aromatic hydroxyl groups is 2. The molecule has 1 aliphatic rings. The van der Waals surface area contributed by atoms with Gasteiger partial charge in [-0.25, -0.2) is 0 Å². The van der Waals surface area contributed by atoms with E-state index in [0.717, 1.165) is 12.1 Å². The van der Waals surface area contributed by atoms with Crippen molar-refractivity contribution in [2.24, 2.45) is 0 Å². The number of carbonyl (C=O) groups excluding carboxylic acids is 1. The topological polar surface area (TPSA) is 64.0 Å². The molecular formula is C19H18N2O3Se. The van der Waals surface area contributed by atoms with Gasteiger partial charge in [-0.05, 0) is 0 Å². The molecule has 2 aromatic rings. The summed E-state index contributed by atoms with van der Waals surface area (Å²) in [6.07, 6.45) is 2.62. The van der Waals surface area contributed by atoms with Crippen LogP contribution in [0.25, 0.3) is 6.08 Å². The third-order valence-corrected chi connectivity index (χ3v) is 5.13. The van der Waals surface area contributed by atoms with Crippen molar-refractivity contribution in [3.05, 3.63) is 59.3 Å². The Bertz CT molecular complexity index is 875. The van der Waals surface area contributed by atoms with E-state index in [1.54, 1.807) is 29.0 Å². The Kier molecular flexibility index (Phi) is 4.66. The van der Waals surface area contributed by atoms with E-state index < -0.39 is 0 Å². The van der Waals surface area contributed by atoms with Crippen LogP contribution in [-0.2, 0) is 11.2 Å². The molecule has 3 rings (SSSR count). The average molecular weight is 401 g/mol. The molecule has 0 atom stereocenters. The van der Waals surface area contributed by atoms with Crippen molar-refractivity contribution in [1.29, 1.82) is 0 Å². The van der Waals surface area contributed by atoms with E-state index in [4.69, 9.17) is 0 Å². The number of hydrogen-bond acceptors (Lipinski definition) is 4. The van der Waals surface area contributed by atoms with Crippen molar-refractivity contribution in [1.82, 2.24) is 4.90 Å². The zero-order valence-corrected chi connectivity index (χ0v) is 15.6. The number of likely N-dealkylation sites (N-methyl/N-ethyl adjacent to an activating group) is 1. The van der Waals surface area contributed by atoms with Gasteiger partial charge in [-0.3, -0.25) is 0 Å². The standard InChI is InChI=1S/C19H18N2O3Se/c1-3-12-4-7-14(8-5-12)21-18(24)15(20(2)19(21)25)10-13-6-9-16(22)17(23)11-13/h4-11,22-23H,3H2,1-2H3/b15-10+. The van der Waals surface area contributed by atoms with Gasteiger partial charge in [0.15, 0.2) is 0 Å². The Morgan fingerprint density at radius 1 is 1.08 bits per heavy atom. The molecule has 0 unspecified atom stereocenters. The van der Waals surface area contributed by atoms with E-state index in [2.05, 4.69) is 22.5 Å². The molecule has 1 heterocycles. The summed E-state index contributed by atoms with van der Waals surface area (Å²) in [6.45, 7) is 2.09.